The van der Waals surface area contributed by atoms with Crippen LogP contribution in [0.4, 0.5) is 0 Å². The molecule has 0 aromatic rings. The van der Waals surface area contributed by atoms with Gasteiger partial charge in [-0.2, -0.15) is 0 Å². The van der Waals surface area contributed by atoms with Gasteiger partial charge in [0.2, 0.25) is 0 Å². The smallest absolute Gasteiger partial charge is 0.0961 e. The van der Waals surface area contributed by atoms with E-state index < -0.39 is 11.7 Å². The van der Waals surface area contributed by atoms with Gasteiger partial charge in [0.1, 0.15) is 0 Å². The van der Waals surface area contributed by atoms with Crippen molar-refractivity contribution in [3.63, 3.8) is 0 Å². The van der Waals surface area contributed by atoms with Gasteiger partial charge in [-0.3, -0.25) is 0 Å². The maximum absolute atomic E-state index is 11.6. The Labute approximate surface area is 180 Å². The van der Waals surface area contributed by atoms with Crippen LogP contribution in [0.1, 0.15) is 112 Å². The molecule has 4 aliphatic carbocycles. The molecule has 4 fully saturated rings. The van der Waals surface area contributed by atoms with Gasteiger partial charge in [0, 0.05) is 5.41 Å². The van der Waals surface area contributed by atoms with E-state index >= 15 is 0 Å². The normalized spacial score (nSPS) is 50.7. The molecule has 0 aromatic heterocycles. The fourth-order valence-electron chi connectivity index (χ4n) is 9.33. The molecule has 4 rings (SSSR count). The molecule has 2 nitrogen and oxygen atoms in total. The average Bonchev–Trinajstić information content (AvgIpc) is 3.01. The van der Waals surface area contributed by atoms with Crippen molar-refractivity contribution in [2.75, 3.05) is 0 Å². The van der Waals surface area contributed by atoms with Crippen molar-refractivity contribution in [2.45, 2.75) is 123 Å². The summed E-state index contributed by atoms with van der Waals surface area (Å²) in [5.41, 5.74) is -0.448. The van der Waals surface area contributed by atoms with Gasteiger partial charge in [-0.15, -0.1) is 0 Å². The summed E-state index contributed by atoms with van der Waals surface area (Å²) in [7, 11) is 0. The third-order valence-electron chi connectivity index (χ3n) is 11.0. The molecule has 0 amide bonds. The number of aliphatic hydroxyl groups excluding tert-OH is 1. The SMILES string of the molecule is CC(C)CCC[C@@H](C)[C@@H]1CC[C@@H]2[C@@H]3C[C@H](O)[C@]4(O)CCCC[C@]4(C)[C@@H]3CC[C@]21C. The number of fused-ring (bicyclic) bond motifs is 5. The minimum atomic E-state index is -0.831. The van der Waals surface area contributed by atoms with Crippen LogP contribution >= 0.6 is 0 Å². The van der Waals surface area contributed by atoms with Crippen LogP contribution in [0, 0.1) is 46.3 Å². The molecule has 0 bridgehead atoms. The highest BCUT2D eigenvalue weighted by Gasteiger charge is 2.66. The first-order chi connectivity index (χ1) is 13.6. The predicted molar refractivity (Wildman–Crippen MR) is 121 cm³/mol. The van der Waals surface area contributed by atoms with Crippen LogP contribution in [0.5, 0.6) is 0 Å². The van der Waals surface area contributed by atoms with Gasteiger partial charge >= 0.3 is 0 Å². The molecule has 0 aromatic carbocycles. The van der Waals surface area contributed by atoms with E-state index in [0.29, 0.717) is 17.3 Å². The maximum Gasteiger partial charge on any atom is 0.0961 e. The standard InChI is InChI=1S/C27H48O2/c1-18(2)9-8-10-19(3)21-11-12-22-20-17-24(28)27(29)15-7-6-14-26(27,5)23(20)13-16-25(21,22)4/h18-24,28-29H,6-17H2,1-5H3/t19-,20+,21+,22-,23-,24+,25+,26-,27-/m1/s1. The van der Waals surface area contributed by atoms with Gasteiger partial charge < -0.3 is 10.2 Å². The summed E-state index contributed by atoms with van der Waals surface area (Å²) in [5.74, 6) is 4.51. The van der Waals surface area contributed by atoms with Crippen molar-refractivity contribution >= 4 is 0 Å². The quantitative estimate of drug-likeness (QED) is 0.543. The second kappa shape index (κ2) is 7.80. The Morgan fingerprint density at radius 1 is 0.897 bits per heavy atom. The van der Waals surface area contributed by atoms with E-state index in [1.807, 2.05) is 0 Å². The summed E-state index contributed by atoms with van der Waals surface area (Å²) in [5, 5.41) is 22.8. The molecule has 2 N–H and O–H groups in total. The van der Waals surface area contributed by atoms with Crippen LogP contribution in [0.15, 0.2) is 0 Å². The Bertz CT molecular complexity index is 587. The summed E-state index contributed by atoms with van der Waals surface area (Å²) in [6.07, 6.45) is 14.1. The Hall–Kier alpha value is -0.0800. The monoisotopic (exact) mass is 404 g/mol. The molecule has 168 valence electrons. The van der Waals surface area contributed by atoms with Crippen molar-refractivity contribution in [3.8, 4) is 0 Å². The first kappa shape index (κ1) is 22.1. The van der Waals surface area contributed by atoms with Crippen molar-refractivity contribution in [1.29, 1.82) is 0 Å². The first-order valence-corrected chi connectivity index (χ1v) is 13.0. The van der Waals surface area contributed by atoms with Gasteiger partial charge in [-0.1, -0.05) is 66.7 Å². The average molecular weight is 405 g/mol. The third kappa shape index (κ3) is 3.34. The largest absolute Gasteiger partial charge is 0.390 e. The second-order valence-electron chi connectivity index (χ2n) is 12.7. The summed E-state index contributed by atoms with van der Waals surface area (Å²) in [6, 6.07) is 0. The van der Waals surface area contributed by atoms with Gasteiger partial charge in [0.25, 0.3) is 0 Å². The molecule has 2 heteroatoms. The minimum absolute atomic E-state index is 0.0735. The third-order valence-corrected chi connectivity index (χ3v) is 11.0. The predicted octanol–water partition coefficient (Wildman–Crippen LogP) is 6.58. The Kier molecular flexibility index (Phi) is 5.95. The number of rotatable bonds is 5. The lowest BCUT2D eigenvalue weighted by Crippen LogP contribution is -2.67. The number of hydrogen-bond acceptors (Lipinski definition) is 2. The number of aliphatic hydroxyl groups is 2. The fraction of sp³-hybridized carbons (Fsp3) is 1.00. The van der Waals surface area contributed by atoms with Gasteiger partial charge in [-0.05, 0) is 85.9 Å². The first-order valence-electron chi connectivity index (χ1n) is 13.0. The summed E-state index contributed by atoms with van der Waals surface area (Å²) < 4.78 is 0. The van der Waals surface area contributed by atoms with E-state index in [0.717, 1.165) is 49.4 Å². The lowest BCUT2D eigenvalue weighted by molar-refractivity contribution is -0.253. The molecular formula is C27H48O2. The summed E-state index contributed by atoms with van der Waals surface area (Å²) in [4.78, 5) is 0. The lowest BCUT2D eigenvalue weighted by Gasteiger charge is -2.65. The molecular weight excluding hydrogens is 356 g/mol. The number of hydrogen-bond donors (Lipinski definition) is 2. The summed E-state index contributed by atoms with van der Waals surface area (Å²) >= 11 is 0. The van der Waals surface area contributed by atoms with Gasteiger partial charge in [0.05, 0.1) is 11.7 Å². The van der Waals surface area contributed by atoms with Crippen molar-refractivity contribution in [3.05, 3.63) is 0 Å². The van der Waals surface area contributed by atoms with E-state index in [9.17, 15) is 10.2 Å². The molecule has 29 heavy (non-hydrogen) atoms. The molecule has 4 aliphatic rings. The molecule has 4 saturated carbocycles. The van der Waals surface area contributed by atoms with E-state index in [2.05, 4.69) is 34.6 Å². The van der Waals surface area contributed by atoms with Crippen LogP contribution in [-0.4, -0.2) is 21.9 Å². The van der Waals surface area contributed by atoms with E-state index in [1.54, 1.807) is 0 Å². The highest BCUT2D eigenvalue weighted by Crippen LogP contribution is 2.69. The van der Waals surface area contributed by atoms with Crippen LogP contribution in [-0.2, 0) is 0 Å². The van der Waals surface area contributed by atoms with Crippen LogP contribution in [0.2, 0.25) is 0 Å². The molecule has 0 unspecified atom stereocenters. The molecule has 0 spiro atoms. The van der Waals surface area contributed by atoms with Crippen molar-refractivity contribution < 1.29 is 10.2 Å². The van der Waals surface area contributed by atoms with E-state index in [1.165, 1.54) is 51.4 Å². The Morgan fingerprint density at radius 2 is 1.62 bits per heavy atom. The maximum atomic E-state index is 11.6. The molecule has 0 radical (unpaired) electrons. The Balaban J connectivity index is 1.53. The fourth-order valence-corrected chi connectivity index (χ4v) is 9.33. The van der Waals surface area contributed by atoms with Crippen LogP contribution in [0.3, 0.4) is 0 Å². The highest BCUT2D eigenvalue weighted by molar-refractivity contribution is 5.16. The Morgan fingerprint density at radius 3 is 2.34 bits per heavy atom. The summed E-state index contributed by atoms with van der Waals surface area (Å²) in [6.45, 7) is 12.2. The second-order valence-corrected chi connectivity index (χ2v) is 12.7. The minimum Gasteiger partial charge on any atom is -0.390 e. The zero-order valence-corrected chi connectivity index (χ0v) is 19.9. The van der Waals surface area contributed by atoms with Crippen LogP contribution < -0.4 is 0 Å². The van der Waals surface area contributed by atoms with Crippen molar-refractivity contribution in [2.24, 2.45) is 46.3 Å². The van der Waals surface area contributed by atoms with Crippen LogP contribution in [0.25, 0.3) is 0 Å². The molecule has 0 heterocycles. The topological polar surface area (TPSA) is 40.5 Å². The molecule has 0 aliphatic heterocycles. The zero-order valence-electron chi connectivity index (χ0n) is 19.9. The van der Waals surface area contributed by atoms with E-state index in [-0.39, 0.29) is 5.41 Å². The molecule has 9 atom stereocenters. The zero-order chi connectivity index (χ0) is 21.0. The lowest BCUT2D eigenvalue weighted by atomic mass is 9.42. The van der Waals surface area contributed by atoms with Gasteiger partial charge in [0.15, 0.2) is 0 Å². The van der Waals surface area contributed by atoms with Crippen molar-refractivity contribution in [1.82, 2.24) is 0 Å². The highest BCUT2D eigenvalue weighted by atomic mass is 16.3. The molecule has 0 saturated heterocycles. The van der Waals surface area contributed by atoms with E-state index in [4.69, 9.17) is 0 Å². The van der Waals surface area contributed by atoms with Gasteiger partial charge in [-0.25, -0.2) is 0 Å².